The van der Waals surface area contributed by atoms with Gasteiger partial charge in [-0.25, -0.2) is 0 Å². The Balaban J connectivity index is 1.83. The van der Waals surface area contributed by atoms with Crippen LogP contribution in [-0.2, 0) is 12.6 Å². The first kappa shape index (κ1) is 16.7. The fourth-order valence-electron chi connectivity index (χ4n) is 2.68. The highest BCUT2D eigenvalue weighted by Crippen LogP contribution is 2.31. The average molecular weight is 318 g/mol. The number of benzene rings is 1. The van der Waals surface area contributed by atoms with E-state index in [0.29, 0.717) is 16.6 Å². The Bertz CT molecular complexity index is 441. The second-order valence-corrected chi connectivity index (χ2v) is 6.98. The van der Waals surface area contributed by atoms with E-state index >= 15 is 0 Å². The second-order valence-electron chi connectivity index (χ2n) is 5.65. The Labute approximate surface area is 127 Å². The maximum absolute atomic E-state index is 12.6. The first-order valence-corrected chi connectivity index (χ1v) is 8.46. The number of alkyl halides is 3. The van der Waals surface area contributed by atoms with Gasteiger partial charge in [0, 0.05) is 11.0 Å². The van der Waals surface area contributed by atoms with Crippen molar-refractivity contribution in [2.45, 2.75) is 56.1 Å². The van der Waals surface area contributed by atoms with Crippen LogP contribution in [-0.4, -0.2) is 22.2 Å². The fourth-order valence-corrected chi connectivity index (χ4v) is 3.96. The van der Waals surface area contributed by atoms with Crippen LogP contribution in [0, 0.1) is 0 Å². The van der Waals surface area contributed by atoms with Gasteiger partial charge in [0.25, 0.3) is 0 Å². The van der Waals surface area contributed by atoms with Gasteiger partial charge >= 0.3 is 6.18 Å². The van der Waals surface area contributed by atoms with Gasteiger partial charge in [0.15, 0.2) is 0 Å². The molecule has 1 unspecified atom stereocenters. The van der Waals surface area contributed by atoms with Gasteiger partial charge in [-0.3, -0.25) is 0 Å². The predicted molar refractivity (Wildman–Crippen MR) is 80.5 cm³/mol. The molecule has 0 spiro atoms. The van der Waals surface area contributed by atoms with E-state index < -0.39 is 17.8 Å². The summed E-state index contributed by atoms with van der Waals surface area (Å²) in [4.78, 5) is 0. The lowest BCUT2D eigenvalue weighted by Crippen LogP contribution is -2.18. The van der Waals surface area contributed by atoms with Crippen LogP contribution < -0.4 is 0 Å². The standard InChI is InChI=1S/C16H21F3OS/c17-16(18,19)13-6-4-5-12(9-13)10-14(20)11-21-15-7-2-1-3-8-15/h4-6,9,14-15,20H,1-3,7-8,10-11H2. The van der Waals surface area contributed by atoms with Crippen molar-refractivity contribution < 1.29 is 18.3 Å². The van der Waals surface area contributed by atoms with E-state index in [1.54, 1.807) is 17.8 Å². The lowest BCUT2D eigenvalue weighted by Gasteiger charge is -2.22. The van der Waals surface area contributed by atoms with E-state index in [0.717, 1.165) is 12.1 Å². The molecular weight excluding hydrogens is 297 g/mol. The van der Waals surface area contributed by atoms with Crippen molar-refractivity contribution in [3.05, 3.63) is 35.4 Å². The van der Waals surface area contributed by atoms with E-state index in [1.807, 2.05) is 0 Å². The zero-order valence-corrected chi connectivity index (χ0v) is 12.7. The first-order valence-electron chi connectivity index (χ1n) is 7.41. The van der Waals surface area contributed by atoms with Crippen LogP contribution in [0.3, 0.4) is 0 Å². The normalized spacial score (nSPS) is 18.7. The molecule has 1 N–H and O–H groups in total. The van der Waals surface area contributed by atoms with E-state index in [2.05, 4.69) is 0 Å². The average Bonchev–Trinajstić information content (AvgIpc) is 2.46. The summed E-state index contributed by atoms with van der Waals surface area (Å²) >= 11 is 1.76. The Morgan fingerprint density at radius 1 is 1.19 bits per heavy atom. The van der Waals surface area contributed by atoms with E-state index in [1.165, 1.54) is 38.2 Å². The summed E-state index contributed by atoms with van der Waals surface area (Å²) in [6.07, 6.45) is 1.57. The van der Waals surface area contributed by atoms with Gasteiger partial charge in [-0.05, 0) is 30.9 Å². The summed E-state index contributed by atoms with van der Waals surface area (Å²) in [5.74, 6) is 0.598. The second kappa shape index (κ2) is 7.54. The molecule has 0 saturated heterocycles. The molecule has 1 fully saturated rings. The summed E-state index contributed by atoms with van der Waals surface area (Å²) in [7, 11) is 0. The molecule has 1 aromatic carbocycles. The van der Waals surface area contributed by atoms with Gasteiger partial charge < -0.3 is 5.11 Å². The highest BCUT2D eigenvalue weighted by molar-refractivity contribution is 7.99. The van der Waals surface area contributed by atoms with Gasteiger partial charge in [0.1, 0.15) is 0 Å². The van der Waals surface area contributed by atoms with Gasteiger partial charge in [-0.15, -0.1) is 0 Å². The predicted octanol–water partition coefficient (Wildman–Crippen LogP) is 4.67. The van der Waals surface area contributed by atoms with Crippen LogP contribution in [0.4, 0.5) is 13.2 Å². The molecule has 0 bridgehead atoms. The minimum absolute atomic E-state index is 0.281. The summed E-state index contributed by atoms with van der Waals surface area (Å²) in [6.45, 7) is 0. The molecule has 1 aromatic rings. The van der Waals surface area contributed by atoms with Crippen molar-refractivity contribution in [2.75, 3.05) is 5.75 Å². The summed E-state index contributed by atoms with van der Waals surface area (Å²) < 4.78 is 37.9. The molecular formula is C16H21F3OS. The summed E-state index contributed by atoms with van der Waals surface area (Å²) in [5, 5.41) is 10.6. The maximum atomic E-state index is 12.6. The number of thioether (sulfide) groups is 1. The molecule has 21 heavy (non-hydrogen) atoms. The highest BCUT2D eigenvalue weighted by atomic mass is 32.2. The Morgan fingerprint density at radius 2 is 1.90 bits per heavy atom. The molecule has 0 amide bonds. The Morgan fingerprint density at radius 3 is 2.57 bits per heavy atom. The molecule has 1 aliphatic rings. The molecule has 0 aliphatic heterocycles. The van der Waals surface area contributed by atoms with E-state index in [9.17, 15) is 18.3 Å². The molecule has 1 saturated carbocycles. The molecule has 1 atom stereocenters. The van der Waals surface area contributed by atoms with Crippen LogP contribution in [0.15, 0.2) is 24.3 Å². The van der Waals surface area contributed by atoms with Crippen molar-refractivity contribution in [2.24, 2.45) is 0 Å². The Kier molecular flexibility index (Phi) is 5.99. The first-order chi connectivity index (χ1) is 9.95. The molecule has 1 aliphatic carbocycles. The number of rotatable bonds is 5. The molecule has 0 heterocycles. The van der Waals surface area contributed by atoms with Crippen molar-refractivity contribution in [1.29, 1.82) is 0 Å². The van der Waals surface area contributed by atoms with Crippen molar-refractivity contribution >= 4 is 11.8 Å². The van der Waals surface area contributed by atoms with Crippen LogP contribution in [0.25, 0.3) is 0 Å². The molecule has 0 aromatic heterocycles. The Hall–Kier alpha value is -0.680. The third-order valence-corrected chi connectivity index (χ3v) is 5.32. The fraction of sp³-hybridized carbons (Fsp3) is 0.625. The lowest BCUT2D eigenvalue weighted by atomic mass is 10.0. The molecule has 0 radical (unpaired) electrons. The number of aliphatic hydroxyl groups is 1. The van der Waals surface area contributed by atoms with Gasteiger partial charge in [-0.2, -0.15) is 24.9 Å². The molecule has 5 heteroatoms. The number of hydrogen-bond acceptors (Lipinski definition) is 2. The zero-order chi connectivity index (χ0) is 15.3. The van der Waals surface area contributed by atoms with Crippen LogP contribution in [0.5, 0.6) is 0 Å². The topological polar surface area (TPSA) is 20.2 Å². The highest BCUT2D eigenvalue weighted by Gasteiger charge is 2.30. The minimum atomic E-state index is -4.32. The van der Waals surface area contributed by atoms with E-state index in [-0.39, 0.29) is 6.42 Å². The van der Waals surface area contributed by atoms with Crippen LogP contribution in [0.2, 0.25) is 0 Å². The van der Waals surface area contributed by atoms with Crippen molar-refractivity contribution in [3.63, 3.8) is 0 Å². The molecule has 118 valence electrons. The van der Waals surface area contributed by atoms with Gasteiger partial charge in [0.2, 0.25) is 0 Å². The summed E-state index contributed by atoms with van der Waals surface area (Å²) in [6, 6.07) is 5.24. The lowest BCUT2D eigenvalue weighted by molar-refractivity contribution is -0.137. The number of hydrogen-bond donors (Lipinski definition) is 1. The monoisotopic (exact) mass is 318 g/mol. The maximum Gasteiger partial charge on any atom is 0.416 e. The van der Waals surface area contributed by atoms with E-state index in [4.69, 9.17) is 0 Å². The minimum Gasteiger partial charge on any atom is -0.392 e. The molecule has 1 nitrogen and oxygen atoms in total. The van der Waals surface area contributed by atoms with Crippen molar-refractivity contribution in [1.82, 2.24) is 0 Å². The third-order valence-electron chi connectivity index (χ3n) is 3.80. The largest absolute Gasteiger partial charge is 0.416 e. The summed E-state index contributed by atoms with van der Waals surface area (Å²) in [5.41, 5.74) is -0.103. The SMILES string of the molecule is OC(CSC1CCCCC1)Cc1cccc(C(F)(F)F)c1. The van der Waals surface area contributed by atoms with Crippen LogP contribution >= 0.6 is 11.8 Å². The zero-order valence-electron chi connectivity index (χ0n) is 11.9. The number of halogens is 3. The number of aliphatic hydroxyl groups excluding tert-OH is 1. The third kappa shape index (κ3) is 5.55. The van der Waals surface area contributed by atoms with Crippen molar-refractivity contribution in [3.8, 4) is 0 Å². The smallest absolute Gasteiger partial charge is 0.392 e. The van der Waals surface area contributed by atoms with Gasteiger partial charge in [-0.1, -0.05) is 37.5 Å². The quantitative estimate of drug-likeness (QED) is 0.851. The van der Waals surface area contributed by atoms with Crippen LogP contribution in [0.1, 0.15) is 43.2 Å². The molecule has 2 rings (SSSR count). The van der Waals surface area contributed by atoms with Gasteiger partial charge in [0.05, 0.1) is 11.7 Å².